The van der Waals surface area contributed by atoms with Crippen LogP contribution in [-0.4, -0.2) is 30.1 Å². The zero-order valence-corrected chi connectivity index (χ0v) is 14.7. The van der Waals surface area contributed by atoms with Crippen molar-refractivity contribution in [3.05, 3.63) is 33.8 Å². The average Bonchev–Trinajstić information content (AvgIpc) is 2.56. The lowest BCUT2D eigenvalue weighted by molar-refractivity contribution is 0.189. The first-order valence-electron chi connectivity index (χ1n) is 7.87. The van der Waals surface area contributed by atoms with E-state index in [4.69, 9.17) is 23.2 Å². The molecule has 0 saturated carbocycles. The third-order valence-corrected chi connectivity index (χ3v) is 4.81. The van der Waals surface area contributed by atoms with Crippen LogP contribution >= 0.6 is 23.2 Å². The van der Waals surface area contributed by atoms with Crippen LogP contribution in [0.5, 0.6) is 0 Å². The van der Waals surface area contributed by atoms with Crippen molar-refractivity contribution in [3.63, 3.8) is 0 Å². The molecule has 1 aliphatic rings. The highest BCUT2D eigenvalue weighted by atomic mass is 35.5. The van der Waals surface area contributed by atoms with E-state index < -0.39 is 0 Å². The lowest BCUT2D eigenvalue weighted by Crippen LogP contribution is -2.40. The van der Waals surface area contributed by atoms with Crippen molar-refractivity contribution < 1.29 is 0 Å². The molecule has 21 heavy (non-hydrogen) atoms. The number of hydrogen-bond acceptors (Lipinski definition) is 2. The van der Waals surface area contributed by atoms with Gasteiger partial charge in [-0.05, 0) is 56.0 Å². The lowest BCUT2D eigenvalue weighted by atomic mass is 10.0. The van der Waals surface area contributed by atoms with Gasteiger partial charge in [0.15, 0.2) is 0 Å². The predicted octanol–water partition coefficient (Wildman–Crippen LogP) is 4.59. The van der Waals surface area contributed by atoms with Crippen molar-refractivity contribution in [2.45, 2.75) is 52.2 Å². The molecule has 1 aromatic carbocycles. The minimum Gasteiger partial charge on any atom is -0.313 e. The van der Waals surface area contributed by atoms with Gasteiger partial charge in [-0.25, -0.2) is 0 Å². The predicted molar refractivity (Wildman–Crippen MR) is 92.2 cm³/mol. The van der Waals surface area contributed by atoms with Gasteiger partial charge in [0, 0.05) is 35.2 Å². The van der Waals surface area contributed by atoms with E-state index in [9.17, 15) is 0 Å². The summed E-state index contributed by atoms with van der Waals surface area (Å²) >= 11 is 12.4. The molecule has 1 heterocycles. The lowest BCUT2D eigenvalue weighted by Gasteiger charge is -2.30. The highest BCUT2D eigenvalue weighted by molar-refractivity contribution is 6.33. The minimum absolute atomic E-state index is 0.560. The van der Waals surface area contributed by atoms with Crippen LogP contribution in [0.2, 0.25) is 10.0 Å². The molecule has 0 radical (unpaired) electrons. The summed E-state index contributed by atoms with van der Waals surface area (Å²) in [5, 5.41) is 5.25. The summed E-state index contributed by atoms with van der Waals surface area (Å²) in [7, 11) is 0. The molecule has 0 bridgehead atoms. The molecular weight excluding hydrogens is 303 g/mol. The van der Waals surface area contributed by atoms with E-state index in [0.717, 1.165) is 35.2 Å². The van der Waals surface area contributed by atoms with Crippen LogP contribution in [0.25, 0.3) is 0 Å². The largest absolute Gasteiger partial charge is 0.313 e. The number of halogens is 2. The summed E-state index contributed by atoms with van der Waals surface area (Å²) in [6, 6.07) is 6.86. The number of nitrogens with zero attached hydrogens (tertiary/aromatic N) is 1. The molecule has 1 N–H and O–H groups in total. The molecule has 1 saturated heterocycles. The van der Waals surface area contributed by atoms with E-state index in [-0.39, 0.29) is 0 Å². The second-order valence-electron chi connectivity index (χ2n) is 6.58. The van der Waals surface area contributed by atoms with E-state index in [1.807, 2.05) is 18.2 Å². The van der Waals surface area contributed by atoms with E-state index in [1.165, 1.54) is 12.8 Å². The molecule has 0 aromatic heterocycles. The summed E-state index contributed by atoms with van der Waals surface area (Å²) in [6.45, 7) is 9.91. The van der Waals surface area contributed by atoms with Crippen molar-refractivity contribution in [1.29, 1.82) is 0 Å². The fraction of sp³-hybridized carbons (Fsp3) is 0.647. The smallest absolute Gasteiger partial charge is 0.0452 e. The van der Waals surface area contributed by atoms with Crippen LogP contribution in [-0.2, 0) is 6.54 Å². The summed E-state index contributed by atoms with van der Waals surface area (Å²) in [5.74, 6) is 0.715. The third kappa shape index (κ3) is 5.14. The molecular formula is C17H26Cl2N2. The fourth-order valence-electron chi connectivity index (χ4n) is 3.04. The van der Waals surface area contributed by atoms with Crippen molar-refractivity contribution in [1.82, 2.24) is 10.2 Å². The van der Waals surface area contributed by atoms with Gasteiger partial charge in [-0.2, -0.15) is 0 Å². The minimum atomic E-state index is 0.560. The number of rotatable bonds is 4. The van der Waals surface area contributed by atoms with Gasteiger partial charge in [-0.15, -0.1) is 0 Å². The maximum absolute atomic E-state index is 6.32. The normalized spacial score (nSPS) is 24.3. The van der Waals surface area contributed by atoms with E-state index >= 15 is 0 Å². The summed E-state index contributed by atoms with van der Waals surface area (Å²) in [5.41, 5.74) is 1.13. The van der Waals surface area contributed by atoms with Crippen molar-refractivity contribution in [3.8, 4) is 0 Å². The highest BCUT2D eigenvalue weighted by Gasteiger charge is 2.24. The van der Waals surface area contributed by atoms with Gasteiger partial charge < -0.3 is 5.32 Å². The van der Waals surface area contributed by atoms with Crippen LogP contribution < -0.4 is 5.32 Å². The Labute approximate surface area is 138 Å². The van der Waals surface area contributed by atoms with Gasteiger partial charge in [0.25, 0.3) is 0 Å². The monoisotopic (exact) mass is 328 g/mol. The molecule has 0 amide bonds. The molecule has 1 fully saturated rings. The second kappa shape index (κ2) is 7.82. The molecule has 1 aromatic rings. The first kappa shape index (κ1) is 17.1. The van der Waals surface area contributed by atoms with E-state index in [0.29, 0.717) is 18.0 Å². The topological polar surface area (TPSA) is 15.3 Å². The Morgan fingerprint density at radius 1 is 1.33 bits per heavy atom. The first-order valence-corrected chi connectivity index (χ1v) is 8.62. The standard InChI is InChI=1S/C17H26Cl2N2/c1-12(2)8-16-11-21(13(3)6-7-20-16)10-14-9-15(18)4-5-17(14)19/h4-5,9,12-13,16,20H,6-8,10-11H2,1-3H3. The quantitative estimate of drug-likeness (QED) is 0.869. The maximum atomic E-state index is 6.32. The van der Waals surface area contributed by atoms with E-state index in [1.54, 1.807) is 0 Å². The maximum Gasteiger partial charge on any atom is 0.0452 e. The Morgan fingerprint density at radius 2 is 2.10 bits per heavy atom. The van der Waals surface area contributed by atoms with Crippen LogP contribution in [0.4, 0.5) is 0 Å². The Morgan fingerprint density at radius 3 is 2.81 bits per heavy atom. The van der Waals surface area contributed by atoms with Crippen molar-refractivity contribution >= 4 is 23.2 Å². The first-order chi connectivity index (χ1) is 9.95. The van der Waals surface area contributed by atoms with Crippen molar-refractivity contribution in [2.75, 3.05) is 13.1 Å². The van der Waals surface area contributed by atoms with Crippen LogP contribution in [0.1, 0.15) is 39.2 Å². The van der Waals surface area contributed by atoms with Gasteiger partial charge in [0.05, 0.1) is 0 Å². The Bertz CT molecular complexity index is 462. The van der Waals surface area contributed by atoms with Gasteiger partial charge in [-0.3, -0.25) is 4.90 Å². The summed E-state index contributed by atoms with van der Waals surface area (Å²) in [6.07, 6.45) is 2.39. The molecule has 1 aliphatic heterocycles. The van der Waals surface area contributed by atoms with Crippen LogP contribution in [0.3, 0.4) is 0 Å². The number of nitrogens with one attached hydrogen (secondary N) is 1. The van der Waals surface area contributed by atoms with Gasteiger partial charge >= 0.3 is 0 Å². The zero-order chi connectivity index (χ0) is 15.4. The second-order valence-corrected chi connectivity index (χ2v) is 7.43. The van der Waals surface area contributed by atoms with Crippen molar-refractivity contribution in [2.24, 2.45) is 5.92 Å². The van der Waals surface area contributed by atoms with Crippen LogP contribution in [0, 0.1) is 5.92 Å². The summed E-state index contributed by atoms with van der Waals surface area (Å²) < 4.78 is 0. The van der Waals surface area contributed by atoms with Gasteiger partial charge in [0.1, 0.15) is 0 Å². The van der Waals surface area contributed by atoms with E-state index in [2.05, 4.69) is 31.0 Å². The SMILES string of the molecule is CC(C)CC1CN(Cc2cc(Cl)ccc2Cl)C(C)CCN1. The van der Waals surface area contributed by atoms with Gasteiger partial charge in [0.2, 0.25) is 0 Å². The molecule has 2 atom stereocenters. The Balaban J connectivity index is 2.09. The number of hydrogen-bond donors (Lipinski definition) is 1. The Kier molecular flexibility index (Phi) is 6.36. The Hall–Kier alpha value is -0.280. The molecule has 2 nitrogen and oxygen atoms in total. The molecule has 2 unspecified atom stereocenters. The van der Waals surface area contributed by atoms with Crippen LogP contribution in [0.15, 0.2) is 18.2 Å². The molecule has 0 spiro atoms. The third-order valence-electron chi connectivity index (χ3n) is 4.21. The molecule has 4 heteroatoms. The van der Waals surface area contributed by atoms with Gasteiger partial charge in [-0.1, -0.05) is 37.0 Å². The molecule has 2 rings (SSSR count). The summed E-state index contributed by atoms with van der Waals surface area (Å²) in [4.78, 5) is 2.53. The number of benzene rings is 1. The molecule has 0 aliphatic carbocycles. The zero-order valence-electron chi connectivity index (χ0n) is 13.2. The average molecular weight is 329 g/mol. The highest BCUT2D eigenvalue weighted by Crippen LogP contribution is 2.24. The fourth-order valence-corrected chi connectivity index (χ4v) is 3.41. The molecule has 118 valence electrons.